The summed E-state index contributed by atoms with van der Waals surface area (Å²) in [6.45, 7) is -0.0286. The van der Waals surface area contributed by atoms with E-state index in [1.807, 2.05) is 0 Å². The molecule has 7 heteroatoms. The Bertz CT molecular complexity index is 773. The van der Waals surface area contributed by atoms with E-state index in [1.54, 1.807) is 43.5 Å². The highest BCUT2D eigenvalue weighted by Gasteiger charge is 2.22. The molecule has 0 radical (unpaired) electrons. The fraction of sp³-hybridized carbons (Fsp3) is 0.350. The summed E-state index contributed by atoms with van der Waals surface area (Å²) in [5, 5.41) is 10.5. The Morgan fingerprint density at radius 3 is 2.30 bits per heavy atom. The van der Waals surface area contributed by atoms with Crippen LogP contribution in [0.4, 0.5) is 0 Å². The molecule has 7 nitrogen and oxygen atoms in total. The normalized spacial score (nSPS) is 11.6. The van der Waals surface area contributed by atoms with Gasteiger partial charge in [-0.25, -0.2) is 0 Å². The number of carbonyl (C=O) groups is 1. The molecule has 1 N–H and O–H groups in total. The van der Waals surface area contributed by atoms with Gasteiger partial charge < -0.3 is 28.8 Å². The van der Waals surface area contributed by atoms with E-state index in [4.69, 9.17) is 23.7 Å². The van der Waals surface area contributed by atoms with Gasteiger partial charge in [-0.2, -0.15) is 0 Å². The second kappa shape index (κ2) is 9.80. The van der Waals surface area contributed by atoms with Gasteiger partial charge >= 0.3 is 0 Å². The van der Waals surface area contributed by atoms with Gasteiger partial charge in [0, 0.05) is 19.6 Å². The molecule has 0 fully saturated rings. The molecule has 2 rings (SSSR count). The number of ketones is 1. The standard InChI is InChI=1S/C20H24O7/c1-23-12-27-18-11-14(24-2)6-7-15(18)20(22)16(21)9-13-5-8-17(25-3)19(10-13)26-4/h5-8,10-11,16,21H,9,12H2,1-4H3. The Hall–Kier alpha value is -2.77. The summed E-state index contributed by atoms with van der Waals surface area (Å²) in [5.41, 5.74) is 0.988. The van der Waals surface area contributed by atoms with Crippen LogP contribution in [-0.2, 0) is 11.2 Å². The lowest BCUT2D eigenvalue weighted by Gasteiger charge is -2.15. The second-order valence-corrected chi connectivity index (χ2v) is 5.69. The van der Waals surface area contributed by atoms with Crippen molar-refractivity contribution in [3.8, 4) is 23.0 Å². The van der Waals surface area contributed by atoms with E-state index in [9.17, 15) is 9.90 Å². The van der Waals surface area contributed by atoms with Crippen molar-refractivity contribution in [3.63, 3.8) is 0 Å². The summed E-state index contributed by atoms with van der Waals surface area (Å²) in [6, 6.07) is 10.0. The van der Waals surface area contributed by atoms with Gasteiger partial charge in [-0.1, -0.05) is 6.07 Å². The molecule has 1 unspecified atom stereocenters. The van der Waals surface area contributed by atoms with Crippen molar-refractivity contribution in [2.75, 3.05) is 35.2 Å². The van der Waals surface area contributed by atoms with E-state index in [0.717, 1.165) is 5.56 Å². The molecule has 0 saturated carbocycles. The van der Waals surface area contributed by atoms with E-state index in [1.165, 1.54) is 21.3 Å². The van der Waals surface area contributed by atoms with E-state index in [-0.39, 0.29) is 24.5 Å². The zero-order valence-electron chi connectivity index (χ0n) is 15.9. The minimum Gasteiger partial charge on any atom is -0.497 e. The van der Waals surface area contributed by atoms with Crippen molar-refractivity contribution in [1.82, 2.24) is 0 Å². The molecule has 27 heavy (non-hydrogen) atoms. The fourth-order valence-corrected chi connectivity index (χ4v) is 2.58. The van der Waals surface area contributed by atoms with E-state index >= 15 is 0 Å². The third-order valence-corrected chi connectivity index (χ3v) is 3.97. The summed E-state index contributed by atoms with van der Waals surface area (Å²) < 4.78 is 25.9. The molecule has 0 aliphatic rings. The van der Waals surface area contributed by atoms with Crippen molar-refractivity contribution in [2.24, 2.45) is 0 Å². The van der Waals surface area contributed by atoms with Crippen LogP contribution in [-0.4, -0.2) is 52.2 Å². The minimum absolute atomic E-state index is 0.0286. The molecule has 0 aliphatic carbocycles. The predicted octanol–water partition coefficient (Wildman–Crippen LogP) is 2.48. The Morgan fingerprint density at radius 2 is 1.67 bits per heavy atom. The van der Waals surface area contributed by atoms with Crippen molar-refractivity contribution in [3.05, 3.63) is 47.5 Å². The van der Waals surface area contributed by atoms with Crippen LogP contribution >= 0.6 is 0 Å². The molecule has 146 valence electrons. The number of carbonyl (C=O) groups excluding carboxylic acids is 1. The first kappa shape index (κ1) is 20.5. The number of methoxy groups -OCH3 is 4. The summed E-state index contributed by atoms with van der Waals surface area (Å²) in [6.07, 6.45) is -1.13. The maximum Gasteiger partial charge on any atom is 0.195 e. The molecule has 0 saturated heterocycles. The van der Waals surface area contributed by atoms with Gasteiger partial charge in [-0.3, -0.25) is 4.79 Å². The molecule has 2 aromatic rings. The van der Waals surface area contributed by atoms with E-state index < -0.39 is 11.9 Å². The highest BCUT2D eigenvalue weighted by atomic mass is 16.7. The topological polar surface area (TPSA) is 83.5 Å². The number of hydrogen-bond donors (Lipinski definition) is 1. The monoisotopic (exact) mass is 376 g/mol. The molecule has 0 amide bonds. The Morgan fingerprint density at radius 1 is 0.926 bits per heavy atom. The molecule has 0 aromatic heterocycles. The molecule has 0 heterocycles. The van der Waals surface area contributed by atoms with Gasteiger partial charge in [0.05, 0.1) is 26.9 Å². The highest BCUT2D eigenvalue weighted by molar-refractivity contribution is 6.02. The van der Waals surface area contributed by atoms with Crippen LogP contribution in [0.25, 0.3) is 0 Å². The van der Waals surface area contributed by atoms with Crippen LogP contribution in [0, 0.1) is 0 Å². The molecule has 1 atom stereocenters. The maximum atomic E-state index is 12.7. The van der Waals surface area contributed by atoms with Gasteiger partial charge in [0.25, 0.3) is 0 Å². The van der Waals surface area contributed by atoms with Crippen molar-refractivity contribution < 1.29 is 33.6 Å². The highest BCUT2D eigenvalue weighted by Crippen LogP contribution is 2.29. The van der Waals surface area contributed by atoms with Gasteiger partial charge in [0.2, 0.25) is 0 Å². The molecule has 0 aliphatic heterocycles. The van der Waals surface area contributed by atoms with Crippen molar-refractivity contribution in [1.29, 1.82) is 0 Å². The lowest BCUT2D eigenvalue weighted by Crippen LogP contribution is -2.24. The first-order chi connectivity index (χ1) is 13.0. The average molecular weight is 376 g/mol. The third kappa shape index (κ3) is 5.12. The van der Waals surface area contributed by atoms with Crippen LogP contribution < -0.4 is 18.9 Å². The van der Waals surface area contributed by atoms with E-state index in [0.29, 0.717) is 17.2 Å². The van der Waals surface area contributed by atoms with E-state index in [2.05, 4.69) is 0 Å². The smallest absolute Gasteiger partial charge is 0.195 e. The number of hydrogen-bond acceptors (Lipinski definition) is 7. The van der Waals surface area contributed by atoms with Crippen LogP contribution in [0.1, 0.15) is 15.9 Å². The van der Waals surface area contributed by atoms with Crippen LogP contribution in [0.5, 0.6) is 23.0 Å². The third-order valence-electron chi connectivity index (χ3n) is 3.97. The van der Waals surface area contributed by atoms with Gasteiger partial charge in [0.15, 0.2) is 24.1 Å². The SMILES string of the molecule is COCOc1cc(OC)ccc1C(=O)C(O)Cc1ccc(OC)c(OC)c1. The number of benzene rings is 2. The molecular formula is C20H24O7. The molecule has 0 spiro atoms. The first-order valence-corrected chi connectivity index (χ1v) is 8.27. The van der Waals surface area contributed by atoms with Gasteiger partial charge in [-0.15, -0.1) is 0 Å². The number of Topliss-reactive ketones (excluding diaryl/α,β-unsaturated/α-hetero) is 1. The summed E-state index contributed by atoms with van der Waals surface area (Å²) in [5.74, 6) is 1.47. The largest absolute Gasteiger partial charge is 0.497 e. The lowest BCUT2D eigenvalue weighted by molar-refractivity contribution is 0.0489. The fourth-order valence-electron chi connectivity index (χ4n) is 2.58. The maximum absolute atomic E-state index is 12.7. The van der Waals surface area contributed by atoms with Crippen LogP contribution in [0.2, 0.25) is 0 Å². The Kier molecular flexibility index (Phi) is 7.45. The zero-order chi connectivity index (χ0) is 19.8. The van der Waals surface area contributed by atoms with Crippen LogP contribution in [0.15, 0.2) is 36.4 Å². The summed E-state index contributed by atoms with van der Waals surface area (Å²) in [4.78, 5) is 12.7. The Labute approximate surface area is 158 Å². The second-order valence-electron chi connectivity index (χ2n) is 5.69. The molecular weight excluding hydrogens is 352 g/mol. The van der Waals surface area contributed by atoms with Gasteiger partial charge in [0.1, 0.15) is 17.6 Å². The number of aliphatic hydroxyl groups excluding tert-OH is 1. The van der Waals surface area contributed by atoms with Gasteiger partial charge in [-0.05, 0) is 29.8 Å². The minimum atomic E-state index is -1.25. The summed E-state index contributed by atoms with van der Waals surface area (Å²) >= 11 is 0. The molecule has 2 aromatic carbocycles. The predicted molar refractivity (Wildman–Crippen MR) is 99.1 cm³/mol. The summed E-state index contributed by atoms with van der Waals surface area (Å²) in [7, 11) is 6.07. The quantitative estimate of drug-likeness (QED) is 0.504. The lowest BCUT2D eigenvalue weighted by atomic mass is 9.99. The van der Waals surface area contributed by atoms with Crippen molar-refractivity contribution >= 4 is 5.78 Å². The molecule has 0 bridgehead atoms. The Balaban J connectivity index is 2.21. The van der Waals surface area contributed by atoms with Crippen molar-refractivity contribution in [2.45, 2.75) is 12.5 Å². The first-order valence-electron chi connectivity index (χ1n) is 8.27. The zero-order valence-corrected chi connectivity index (χ0v) is 15.9. The average Bonchev–Trinajstić information content (AvgIpc) is 2.71. The van der Waals surface area contributed by atoms with Crippen LogP contribution in [0.3, 0.4) is 0 Å². The number of rotatable bonds is 10. The number of aliphatic hydroxyl groups is 1. The number of ether oxygens (including phenoxy) is 5.